The zero-order chi connectivity index (χ0) is 13.7. The quantitative estimate of drug-likeness (QED) is 0.699. The molecular weight excluding hydrogens is 256 g/mol. The molecule has 1 aromatic carbocycles. The molecule has 1 aliphatic rings. The number of aliphatic hydroxyl groups excluding tert-OH is 1. The molecule has 0 aromatic heterocycles. The molecule has 3 unspecified atom stereocenters. The molecule has 0 bridgehead atoms. The topological polar surface area (TPSA) is 58.3 Å². The van der Waals surface area contributed by atoms with E-state index >= 15 is 0 Å². The highest BCUT2D eigenvalue weighted by molar-refractivity contribution is 7.98. The average Bonchev–Trinajstić information content (AvgIpc) is 2.92. The van der Waals surface area contributed by atoms with Gasteiger partial charge in [0, 0.05) is 30.1 Å². The summed E-state index contributed by atoms with van der Waals surface area (Å²) in [5, 5.41) is 13.0. The molecule has 1 saturated carbocycles. The number of rotatable bonds is 6. The van der Waals surface area contributed by atoms with Crippen LogP contribution in [-0.4, -0.2) is 30.6 Å². The number of nitrogens with two attached hydrogens (primary N) is 1. The first-order valence-electron chi connectivity index (χ1n) is 6.99. The Morgan fingerprint density at radius 3 is 2.68 bits per heavy atom. The van der Waals surface area contributed by atoms with E-state index < -0.39 is 0 Å². The van der Waals surface area contributed by atoms with E-state index in [9.17, 15) is 5.11 Å². The Hall–Kier alpha value is -0.550. The van der Waals surface area contributed by atoms with E-state index in [1.807, 2.05) is 0 Å². The van der Waals surface area contributed by atoms with Crippen molar-refractivity contribution in [2.45, 2.75) is 36.2 Å². The van der Waals surface area contributed by atoms with Crippen LogP contribution in [0.4, 0.5) is 0 Å². The second-order valence-electron chi connectivity index (χ2n) is 5.21. The SMILES string of the molecule is CSc1ccc(C(CN)NC2CCCC2CO)cc1. The highest BCUT2D eigenvalue weighted by Crippen LogP contribution is 2.28. The Balaban J connectivity index is 2.02. The third kappa shape index (κ3) is 3.72. The van der Waals surface area contributed by atoms with Crippen molar-refractivity contribution < 1.29 is 5.11 Å². The van der Waals surface area contributed by atoms with Crippen LogP contribution in [0.1, 0.15) is 30.9 Å². The molecule has 106 valence electrons. The minimum absolute atomic E-state index is 0.188. The minimum atomic E-state index is 0.188. The third-order valence-corrected chi connectivity index (χ3v) is 4.81. The molecule has 1 aromatic rings. The molecule has 3 atom stereocenters. The van der Waals surface area contributed by atoms with E-state index in [1.54, 1.807) is 11.8 Å². The van der Waals surface area contributed by atoms with Crippen LogP contribution < -0.4 is 11.1 Å². The number of nitrogens with one attached hydrogen (secondary N) is 1. The van der Waals surface area contributed by atoms with Gasteiger partial charge in [-0.25, -0.2) is 0 Å². The van der Waals surface area contributed by atoms with Crippen molar-refractivity contribution in [3.8, 4) is 0 Å². The van der Waals surface area contributed by atoms with Gasteiger partial charge in [0.05, 0.1) is 0 Å². The van der Waals surface area contributed by atoms with Crippen molar-refractivity contribution in [2.24, 2.45) is 11.7 Å². The molecule has 4 N–H and O–H groups in total. The molecule has 0 amide bonds. The predicted octanol–water partition coefficient (Wildman–Crippen LogP) is 2.16. The summed E-state index contributed by atoms with van der Waals surface area (Å²) in [4.78, 5) is 1.27. The summed E-state index contributed by atoms with van der Waals surface area (Å²) in [6, 6.07) is 9.18. The van der Waals surface area contributed by atoms with Gasteiger partial charge in [0.15, 0.2) is 0 Å². The smallest absolute Gasteiger partial charge is 0.0474 e. The van der Waals surface area contributed by atoms with E-state index in [0.29, 0.717) is 18.5 Å². The van der Waals surface area contributed by atoms with Gasteiger partial charge in [0.2, 0.25) is 0 Å². The van der Waals surface area contributed by atoms with E-state index in [0.717, 1.165) is 12.8 Å². The van der Waals surface area contributed by atoms with Gasteiger partial charge < -0.3 is 16.2 Å². The Kier molecular flexibility index (Phi) is 5.70. The first kappa shape index (κ1) is 14.9. The lowest BCUT2D eigenvalue weighted by molar-refractivity contribution is 0.200. The molecule has 1 aliphatic carbocycles. The maximum Gasteiger partial charge on any atom is 0.0474 e. The maximum absolute atomic E-state index is 9.39. The van der Waals surface area contributed by atoms with Crippen molar-refractivity contribution >= 4 is 11.8 Å². The summed E-state index contributed by atoms with van der Waals surface area (Å²) in [5.74, 6) is 0.388. The molecule has 1 fully saturated rings. The molecular formula is C15H24N2OS. The van der Waals surface area contributed by atoms with Gasteiger partial charge in [-0.2, -0.15) is 0 Å². The third-order valence-electron chi connectivity index (χ3n) is 4.06. The zero-order valence-electron chi connectivity index (χ0n) is 11.5. The highest BCUT2D eigenvalue weighted by Gasteiger charge is 2.28. The van der Waals surface area contributed by atoms with Crippen LogP contribution in [-0.2, 0) is 0 Å². The lowest BCUT2D eigenvalue weighted by atomic mass is 10.0. The minimum Gasteiger partial charge on any atom is -0.396 e. The second kappa shape index (κ2) is 7.29. The summed E-state index contributed by atoms with van der Waals surface area (Å²) in [6.45, 7) is 0.869. The second-order valence-corrected chi connectivity index (χ2v) is 6.09. The summed E-state index contributed by atoms with van der Waals surface area (Å²) < 4.78 is 0. The van der Waals surface area contributed by atoms with Gasteiger partial charge >= 0.3 is 0 Å². The van der Waals surface area contributed by atoms with Crippen molar-refractivity contribution in [2.75, 3.05) is 19.4 Å². The van der Waals surface area contributed by atoms with Gasteiger partial charge in [-0.05, 0) is 42.7 Å². The zero-order valence-corrected chi connectivity index (χ0v) is 12.3. The van der Waals surface area contributed by atoms with E-state index in [1.165, 1.54) is 16.9 Å². The van der Waals surface area contributed by atoms with Crippen LogP contribution in [0.15, 0.2) is 29.2 Å². The van der Waals surface area contributed by atoms with Crippen LogP contribution in [0.3, 0.4) is 0 Å². The standard InChI is InChI=1S/C15H24N2OS/c1-19-13-7-5-11(6-8-13)15(9-16)17-14-4-2-3-12(14)10-18/h5-8,12,14-15,17-18H,2-4,9-10,16H2,1H3. The molecule has 0 heterocycles. The fourth-order valence-corrected chi connectivity index (χ4v) is 3.28. The van der Waals surface area contributed by atoms with Crippen LogP contribution in [0.5, 0.6) is 0 Å². The first-order chi connectivity index (χ1) is 9.28. The highest BCUT2D eigenvalue weighted by atomic mass is 32.2. The molecule has 0 spiro atoms. The fraction of sp³-hybridized carbons (Fsp3) is 0.600. The van der Waals surface area contributed by atoms with Crippen molar-refractivity contribution in [3.05, 3.63) is 29.8 Å². The molecule has 0 radical (unpaired) electrons. The number of thioether (sulfide) groups is 1. The summed E-state index contributed by atoms with van der Waals surface area (Å²) in [5.41, 5.74) is 7.15. The molecule has 0 saturated heterocycles. The molecule has 2 rings (SSSR count). The Bertz CT molecular complexity index is 382. The molecule has 0 aliphatic heterocycles. The van der Waals surface area contributed by atoms with Crippen LogP contribution in [0, 0.1) is 5.92 Å². The normalized spacial score (nSPS) is 24.6. The van der Waals surface area contributed by atoms with Crippen molar-refractivity contribution in [3.63, 3.8) is 0 Å². The maximum atomic E-state index is 9.39. The van der Waals surface area contributed by atoms with E-state index in [2.05, 4.69) is 35.8 Å². The summed E-state index contributed by atoms with van der Waals surface area (Å²) in [7, 11) is 0. The molecule has 4 heteroatoms. The average molecular weight is 280 g/mol. The van der Waals surface area contributed by atoms with Crippen LogP contribution >= 0.6 is 11.8 Å². The summed E-state index contributed by atoms with van der Waals surface area (Å²) in [6.07, 6.45) is 5.55. The van der Waals surface area contributed by atoms with Crippen LogP contribution in [0.25, 0.3) is 0 Å². The number of aliphatic hydroxyl groups is 1. The Morgan fingerprint density at radius 1 is 1.37 bits per heavy atom. The van der Waals surface area contributed by atoms with Crippen molar-refractivity contribution in [1.29, 1.82) is 0 Å². The van der Waals surface area contributed by atoms with Gasteiger partial charge in [0.25, 0.3) is 0 Å². The first-order valence-corrected chi connectivity index (χ1v) is 8.22. The van der Waals surface area contributed by atoms with E-state index in [4.69, 9.17) is 5.73 Å². The Labute approximate surface area is 120 Å². The van der Waals surface area contributed by atoms with Gasteiger partial charge in [-0.15, -0.1) is 11.8 Å². The number of hydrogen-bond donors (Lipinski definition) is 3. The molecule has 19 heavy (non-hydrogen) atoms. The van der Waals surface area contributed by atoms with Crippen LogP contribution in [0.2, 0.25) is 0 Å². The van der Waals surface area contributed by atoms with E-state index in [-0.39, 0.29) is 12.6 Å². The van der Waals surface area contributed by atoms with Gasteiger partial charge in [0.1, 0.15) is 0 Å². The lowest BCUT2D eigenvalue weighted by Crippen LogP contribution is -2.39. The Morgan fingerprint density at radius 2 is 2.11 bits per heavy atom. The summed E-state index contributed by atoms with van der Waals surface area (Å²) >= 11 is 1.75. The largest absolute Gasteiger partial charge is 0.396 e. The van der Waals surface area contributed by atoms with Crippen molar-refractivity contribution in [1.82, 2.24) is 5.32 Å². The lowest BCUT2D eigenvalue weighted by Gasteiger charge is -2.26. The monoisotopic (exact) mass is 280 g/mol. The number of benzene rings is 1. The van der Waals surface area contributed by atoms with Gasteiger partial charge in [-0.3, -0.25) is 0 Å². The predicted molar refractivity (Wildman–Crippen MR) is 81.4 cm³/mol. The fourth-order valence-electron chi connectivity index (χ4n) is 2.87. The molecule has 3 nitrogen and oxygen atoms in total. The van der Waals surface area contributed by atoms with Gasteiger partial charge in [-0.1, -0.05) is 18.6 Å². The number of hydrogen-bond acceptors (Lipinski definition) is 4.